The van der Waals surface area contributed by atoms with Gasteiger partial charge in [-0.05, 0) is 24.8 Å². The third kappa shape index (κ3) is 1.90. The molecular formula is C18H21NO2. The number of hydrogen-bond acceptors (Lipinski definition) is 3. The van der Waals surface area contributed by atoms with Gasteiger partial charge >= 0.3 is 0 Å². The van der Waals surface area contributed by atoms with Gasteiger partial charge < -0.3 is 10.1 Å². The molecule has 2 heterocycles. The average molecular weight is 283 g/mol. The normalized spacial score (nSPS) is 32.7. The summed E-state index contributed by atoms with van der Waals surface area (Å²) in [6, 6.07) is 8.13. The van der Waals surface area contributed by atoms with E-state index in [-0.39, 0.29) is 11.3 Å². The molecule has 2 aliphatic heterocycles. The Kier molecular flexibility index (Phi) is 2.40. The lowest BCUT2D eigenvalue weighted by molar-refractivity contribution is -0.119. The fourth-order valence-electron chi connectivity index (χ4n) is 4.15. The number of nitrogens with one attached hydrogen (secondary N) is 1. The molecule has 1 aromatic rings. The smallest absolute Gasteiger partial charge is 0.178 e. The lowest BCUT2D eigenvalue weighted by Crippen LogP contribution is -2.56. The van der Waals surface area contributed by atoms with E-state index in [4.69, 9.17) is 4.74 Å². The number of hydrogen-bond donors (Lipinski definition) is 1. The van der Waals surface area contributed by atoms with Crippen molar-refractivity contribution in [1.29, 1.82) is 0 Å². The minimum atomic E-state index is -0.397. The highest BCUT2D eigenvalue weighted by Gasteiger charge is 2.48. The molecule has 21 heavy (non-hydrogen) atoms. The predicted molar refractivity (Wildman–Crippen MR) is 81.0 cm³/mol. The molecule has 1 aromatic carbocycles. The van der Waals surface area contributed by atoms with E-state index >= 15 is 0 Å². The molecule has 0 saturated carbocycles. The summed E-state index contributed by atoms with van der Waals surface area (Å²) in [5.74, 6) is 1.39. The average Bonchev–Trinajstić information content (AvgIpc) is 2.35. The molecule has 0 radical (unpaired) electrons. The Bertz CT molecular complexity index is 674. The van der Waals surface area contributed by atoms with Crippen molar-refractivity contribution in [2.75, 3.05) is 0 Å². The van der Waals surface area contributed by atoms with Gasteiger partial charge in [0.15, 0.2) is 11.5 Å². The predicted octanol–water partition coefficient (Wildman–Crippen LogP) is 3.52. The first-order valence-electron chi connectivity index (χ1n) is 7.69. The summed E-state index contributed by atoms with van der Waals surface area (Å²) in [6.45, 7) is 6.42. The number of ketones is 1. The van der Waals surface area contributed by atoms with Gasteiger partial charge in [-0.1, -0.05) is 32.0 Å². The van der Waals surface area contributed by atoms with Crippen LogP contribution in [0.2, 0.25) is 0 Å². The van der Waals surface area contributed by atoms with Gasteiger partial charge in [-0.3, -0.25) is 4.79 Å². The lowest BCUT2D eigenvalue weighted by atomic mass is 9.67. The van der Waals surface area contributed by atoms with Gasteiger partial charge in [-0.15, -0.1) is 0 Å². The number of Topliss-reactive ketones (excluding diaryl/α,β-unsaturated/α-hetero) is 1. The van der Waals surface area contributed by atoms with Crippen molar-refractivity contribution in [3.05, 3.63) is 41.1 Å². The Morgan fingerprint density at radius 1 is 1.19 bits per heavy atom. The largest absolute Gasteiger partial charge is 0.468 e. The van der Waals surface area contributed by atoms with Gasteiger partial charge in [0.05, 0.1) is 0 Å². The van der Waals surface area contributed by atoms with Crippen LogP contribution in [0.1, 0.15) is 51.5 Å². The Hall–Kier alpha value is -1.77. The van der Waals surface area contributed by atoms with Gasteiger partial charge in [0.25, 0.3) is 0 Å². The monoisotopic (exact) mass is 283 g/mol. The molecular weight excluding hydrogens is 262 g/mol. The van der Waals surface area contributed by atoms with Crippen molar-refractivity contribution >= 4 is 5.78 Å². The third-order valence-corrected chi connectivity index (χ3v) is 4.91. The van der Waals surface area contributed by atoms with Gasteiger partial charge in [-0.25, -0.2) is 0 Å². The molecule has 3 nitrogen and oxygen atoms in total. The molecule has 110 valence electrons. The Morgan fingerprint density at radius 2 is 1.95 bits per heavy atom. The first-order chi connectivity index (χ1) is 9.87. The molecule has 0 saturated heterocycles. The number of fused-ring (bicyclic) bond motifs is 5. The minimum absolute atomic E-state index is 0.0322. The van der Waals surface area contributed by atoms with Crippen LogP contribution in [0.4, 0.5) is 0 Å². The molecule has 3 aliphatic rings. The van der Waals surface area contributed by atoms with Crippen molar-refractivity contribution in [1.82, 2.24) is 5.32 Å². The minimum Gasteiger partial charge on any atom is -0.468 e. The lowest BCUT2D eigenvalue weighted by Gasteiger charge is -2.49. The highest BCUT2D eigenvalue weighted by atomic mass is 16.5. The van der Waals surface area contributed by atoms with Crippen molar-refractivity contribution in [2.24, 2.45) is 5.41 Å². The standard InChI is InChI=1S/C18H21NO2/c1-17(2)9-13-16(14(20)10-17)12-8-18(3,19-13)21-15-7-5-4-6-11(12)15/h4-7,12,19H,8-10H2,1-3H3/t12-,18+/m0/s1. The maximum atomic E-state index is 12.7. The molecule has 0 amide bonds. The van der Waals surface area contributed by atoms with Crippen LogP contribution in [0.3, 0.4) is 0 Å². The van der Waals surface area contributed by atoms with Crippen molar-refractivity contribution in [2.45, 2.75) is 51.7 Å². The SMILES string of the molecule is CC1(C)CC(=O)C2=C(C1)N[C@@]1(C)C[C@H]2c2ccccc2O1. The molecule has 0 spiro atoms. The quantitative estimate of drug-likeness (QED) is 0.791. The van der Waals surface area contributed by atoms with E-state index in [0.717, 1.165) is 35.4 Å². The summed E-state index contributed by atoms with van der Waals surface area (Å²) in [7, 11) is 0. The number of carbonyl (C=O) groups is 1. The highest BCUT2D eigenvalue weighted by molar-refractivity contribution is 5.99. The summed E-state index contributed by atoms with van der Waals surface area (Å²) in [4.78, 5) is 12.7. The zero-order valence-corrected chi connectivity index (χ0v) is 12.8. The molecule has 0 unspecified atom stereocenters. The van der Waals surface area contributed by atoms with Gasteiger partial charge in [0.1, 0.15) is 5.75 Å². The number of ether oxygens (including phenoxy) is 1. The molecule has 3 heteroatoms. The van der Waals surface area contributed by atoms with E-state index in [0.29, 0.717) is 12.2 Å². The second kappa shape index (κ2) is 3.90. The van der Waals surface area contributed by atoms with Crippen molar-refractivity contribution in [3.63, 3.8) is 0 Å². The fourth-order valence-corrected chi connectivity index (χ4v) is 4.15. The van der Waals surface area contributed by atoms with Crippen molar-refractivity contribution < 1.29 is 9.53 Å². The zero-order chi connectivity index (χ0) is 14.8. The molecule has 0 fully saturated rings. The van der Waals surface area contributed by atoms with Crippen LogP contribution in [0.5, 0.6) is 5.75 Å². The second-order valence-electron chi connectivity index (χ2n) is 7.59. The summed E-state index contributed by atoms with van der Waals surface area (Å²) in [5.41, 5.74) is 2.90. The number of rotatable bonds is 0. The maximum Gasteiger partial charge on any atom is 0.178 e. The fraction of sp³-hybridized carbons (Fsp3) is 0.500. The third-order valence-electron chi connectivity index (χ3n) is 4.91. The molecule has 2 bridgehead atoms. The molecule has 0 aromatic heterocycles. The summed E-state index contributed by atoms with van der Waals surface area (Å²) in [6.07, 6.45) is 2.39. The number of benzene rings is 1. The summed E-state index contributed by atoms with van der Waals surface area (Å²) < 4.78 is 6.19. The van der Waals surface area contributed by atoms with Crippen LogP contribution in [-0.2, 0) is 4.79 Å². The van der Waals surface area contributed by atoms with E-state index in [1.54, 1.807) is 0 Å². The van der Waals surface area contributed by atoms with Crippen molar-refractivity contribution in [3.8, 4) is 5.75 Å². The molecule has 1 N–H and O–H groups in total. The molecule has 1 aliphatic carbocycles. The second-order valence-corrected chi connectivity index (χ2v) is 7.59. The van der Waals surface area contributed by atoms with E-state index in [2.05, 4.69) is 32.2 Å². The molecule has 2 atom stereocenters. The van der Waals surface area contributed by atoms with E-state index in [1.165, 1.54) is 0 Å². The van der Waals surface area contributed by atoms with Crippen LogP contribution in [0.15, 0.2) is 35.5 Å². The number of allylic oxidation sites excluding steroid dienone is 2. The van der Waals surface area contributed by atoms with Gasteiger partial charge in [-0.2, -0.15) is 0 Å². The van der Waals surface area contributed by atoms with Crippen LogP contribution >= 0.6 is 0 Å². The van der Waals surface area contributed by atoms with Crippen LogP contribution in [0.25, 0.3) is 0 Å². The van der Waals surface area contributed by atoms with Gasteiger partial charge in [0.2, 0.25) is 0 Å². The van der Waals surface area contributed by atoms with Crippen LogP contribution < -0.4 is 10.1 Å². The highest BCUT2D eigenvalue weighted by Crippen LogP contribution is 2.51. The number of carbonyl (C=O) groups excluding carboxylic acids is 1. The Balaban J connectivity index is 1.89. The van der Waals surface area contributed by atoms with Crippen LogP contribution in [0, 0.1) is 5.41 Å². The topological polar surface area (TPSA) is 38.3 Å². The first kappa shape index (κ1) is 12.9. The van der Waals surface area contributed by atoms with E-state index in [9.17, 15) is 4.79 Å². The summed E-state index contributed by atoms with van der Waals surface area (Å²) in [5, 5.41) is 3.53. The van der Waals surface area contributed by atoms with E-state index < -0.39 is 5.72 Å². The van der Waals surface area contributed by atoms with E-state index in [1.807, 2.05) is 18.2 Å². The summed E-state index contributed by atoms with van der Waals surface area (Å²) >= 11 is 0. The Morgan fingerprint density at radius 3 is 2.76 bits per heavy atom. The number of para-hydroxylation sites is 1. The Labute approximate surface area is 125 Å². The van der Waals surface area contributed by atoms with Crippen LogP contribution in [-0.4, -0.2) is 11.5 Å². The molecule has 4 rings (SSSR count). The van der Waals surface area contributed by atoms with Gasteiger partial charge in [0, 0.05) is 35.6 Å². The first-order valence-corrected chi connectivity index (χ1v) is 7.69. The maximum absolute atomic E-state index is 12.7. The zero-order valence-electron chi connectivity index (χ0n) is 12.8.